The van der Waals surface area contributed by atoms with Crippen LogP contribution in [0.1, 0.15) is 10.4 Å². The van der Waals surface area contributed by atoms with Gasteiger partial charge < -0.3 is 19.5 Å². The van der Waals surface area contributed by atoms with Crippen molar-refractivity contribution < 1.29 is 23.8 Å². The lowest BCUT2D eigenvalue weighted by atomic mass is 10.2. The van der Waals surface area contributed by atoms with Gasteiger partial charge in [-0.15, -0.1) is 6.58 Å². The fourth-order valence-electron chi connectivity index (χ4n) is 1.49. The second-order valence-electron chi connectivity index (χ2n) is 3.71. The topological polar surface area (TPSA) is 73.9 Å². The summed E-state index contributed by atoms with van der Waals surface area (Å²) in [4.78, 5) is 23.3. The summed E-state index contributed by atoms with van der Waals surface area (Å²) in [6, 6.07) is 4.90. The minimum atomic E-state index is -0.687. The molecule has 0 aliphatic rings. The SMILES string of the molecule is C=CCNC(=O)COC(=O)c1c(OC)cccc1OC. The van der Waals surface area contributed by atoms with Gasteiger partial charge in [0.05, 0.1) is 14.2 Å². The first kappa shape index (κ1) is 15.6. The summed E-state index contributed by atoms with van der Waals surface area (Å²) in [5, 5.41) is 2.50. The molecule has 0 fully saturated rings. The van der Waals surface area contributed by atoms with Gasteiger partial charge in [0, 0.05) is 6.54 Å². The number of hydrogen-bond acceptors (Lipinski definition) is 5. The van der Waals surface area contributed by atoms with E-state index in [0.29, 0.717) is 18.0 Å². The maximum atomic E-state index is 12.0. The molecule has 0 aliphatic heterocycles. The van der Waals surface area contributed by atoms with Gasteiger partial charge in [-0.1, -0.05) is 12.1 Å². The molecule has 0 radical (unpaired) electrons. The number of methoxy groups -OCH3 is 2. The molecule has 0 saturated carbocycles. The van der Waals surface area contributed by atoms with E-state index in [2.05, 4.69) is 11.9 Å². The summed E-state index contributed by atoms with van der Waals surface area (Å²) < 4.78 is 15.1. The van der Waals surface area contributed by atoms with E-state index in [1.54, 1.807) is 18.2 Å². The molecule has 0 bridgehead atoms. The van der Waals surface area contributed by atoms with Gasteiger partial charge in [-0.2, -0.15) is 0 Å². The van der Waals surface area contributed by atoms with Crippen LogP contribution < -0.4 is 14.8 Å². The summed E-state index contributed by atoms with van der Waals surface area (Å²) in [6.07, 6.45) is 1.53. The lowest BCUT2D eigenvalue weighted by Crippen LogP contribution is -2.28. The van der Waals surface area contributed by atoms with Crippen molar-refractivity contribution in [3.63, 3.8) is 0 Å². The van der Waals surface area contributed by atoms with Crippen LogP contribution in [0.5, 0.6) is 11.5 Å². The highest BCUT2D eigenvalue weighted by Gasteiger charge is 2.20. The van der Waals surface area contributed by atoms with E-state index in [0.717, 1.165) is 0 Å². The highest BCUT2D eigenvalue weighted by Crippen LogP contribution is 2.28. The van der Waals surface area contributed by atoms with Crippen LogP contribution >= 0.6 is 0 Å². The van der Waals surface area contributed by atoms with Crippen molar-refractivity contribution >= 4 is 11.9 Å². The van der Waals surface area contributed by atoms with Crippen molar-refractivity contribution in [2.24, 2.45) is 0 Å². The molecule has 1 amide bonds. The van der Waals surface area contributed by atoms with Crippen LogP contribution in [0.15, 0.2) is 30.9 Å². The number of carbonyl (C=O) groups excluding carboxylic acids is 2. The van der Waals surface area contributed by atoms with Gasteiger partial charge in [-0.25, -0.2) is 4.79 Å². The van der Waals surface area contributed by atoms with E-state index in [4.69, 9.17) is 14.2 Å². The van der Waals surface area contributed by atoms with Crippen molar-refractivity contribution in [3.05, 3.63) is 36.4 Å². The molecule has 6 nitrogen and oxygen atoms in total. The second-order valence-corrected chi connectivity index (χ2v) is 3.71. The van der Waals surface area contributed by atoms with Gasteiger partial charge in [0.15, 0.2) is 6.61 Å². The number of esters is 1. The van der Waals surface area contributed by atoms with Crippen LogP contribution in [-0.4, -0.2) is 39.2 Å². The first-order valence-electron chi connectivity index (χ1n) is 5.89. The summed E-state index contributed by atoms with van der Waals surface area (Å²) in [7, 11) is 2.87. The van der Waals surface area contributed by atoms with E-state index < -0.39 is 11.9 Å². The normalized spacial score (nSPS) is 9.50. The number of hydrogen-bond donors (Lipinski definition) is 1. The van der Waals surface area contributed by atoms with Gasteiger partial charge >= 0.3 is 5.97 Å². The Bertz CT molecular complexity index is 476. The number of rotatable bonds is 7. The molecule has 0 aromatic heterocycles. The highest BCUT2D eigenvalue weighted by molar-refractivity contribution is 5.96. The Morgan fingerprint density at radius 2 is 1.85 bits per heavy atom. The van der Waals surface area contributed by atoms with Crippen molar-refractivity contribution in [2.45, 2.75) is 0 Å². The Morgan fingerprint density at radius 1 is 1.25 bits per heavy atom. The third kappa shape index (κ3) is 4.01. The predicted octanol–water partition coefficient (Wildman–Crippen LogP) is 1.16. The van der Waals surface area contributed by atoms with Crippen LogP contribution in [-0.2, 0) is 9.53 Å². The standard InChI is InChI=1S/C14H17NO5/c1-4-8-15-12(16)9-20-14(17)13-10(18-2)6-5-7-11(13)19-3/h4-7H,1,8-9H2,2-3H3,(H,15,16). The Kier molecular flexibility index (Phi) is 6.09. The molecule has 0 unspecified atom stereocenters. The zero-order valence-corrected chi connectivity index (χ0v) is 11.5. The Balaban J connectivity index is 2.76. The largest absolute Gasteiger partial charge is 0.496 e. The molecule has 0 atom stereocenters. The number of amides is 1. The first-order valence-corrected chi connectivity index (χ1v) is 5.89. The molecule has 0 aliphatic carbocycles. The average Bonchev–Trinajstić information content (AvgIpc) is 2.49. The third-order valence-electron chi connectivity index (χ3n) is 2.41. The molecule has 1 aromatic rings. The van der Waals surface area contributed by atoms with Gasteiger partial charge in [0.25, 0.3) is 5.91 Å². The van der Waals surface area contributed by atoms with Gasteiger partial charge in [0.2, 0.25) is 0 Å². The number of nitrogens with one attached hydrogen (secondary N) is 1. The summed E-state index contributed by atoms with van der Waals surface area (Å²) in [6.45, 7) is 3.40. The molecule has 1 N–H and O–H groups in total. The number of ether oxygens (including phenoxy) is 3. The molecule has 20 heavy (non-hydrogen) atoms. The smallest absolute Gasteiger partial charge is 0.346 e. The van der Waals surface area contributed by atoms with Gasteiger partial charge in [-0.3, -0.25) is 4.79 Å². The van der Waals surface area contributed by atoms with Gasteiger partial charge in [0.1, 0.15) is 17.1 Å². The summed E-state index contributed by atoms with van der Waals surface area (Å²) in [5.41, 5.74) is 0.147. The number of benzene rings is 1. The van der Waals surface area contributed by atoms with E-state index in [-0.39, 0.29) is 12.2 Å². The molecule has 108 valence electrons. The fourth-order valence-corrected chi connectivity index (χ4v) is 1.49. The van der Waals surface area contributed by atoms with Crippen molar-refractivity contribution in [3.8, 4) is 11.5 Å². The second kappa shape index (κ2) is 7.83. The Labute approximate surface area is 117 Å². The zero-order valence-electron chi connectivity index (χ0n) is 11.5. The summed E-state index contributed by atoms with van der Waals surface area (Å²) in [5.74, 6) is -0.457. The molecular formula is C14H17NO5. The van der Waals surface area contributed by atoms with E-state index in [1.165, 1.54) is 20.3 Å². The molecule has 6 heteroatoms. The maximum absolute atomic E-state index is 12.0. The zero-order chi connectivity index (χ0) is 15.0. The van der Waals surface area contributed by atoms with E-state index >= 15 is 0 Å². The molecule has 0 saturated heterocycles. The van der Waals surface area contributed by atoms with Crippen molar-refractivity contribution in [1.29, 1.82) is 0 Å². The monoisotopic (exact) mass is 279 g/mol. The van der Waals surface area contributed by atoms with E-state index in [1.807, 2.05) is 0 Å². The molecule has 1 aromatic carbocycles. The van der Waals surface area contributed by atoms with Gasteiger partial charge in [-0.05, 0) is 12.1 Å². The fraction of sp³-hybridized carbons (Fsp3) is 0.286. The van der Waals surface area contributed by atoms with Crippen LogP contribution in [0.4, 0.5) is 0 Å². The van der Waals surface area contributed by atoms with E-state index in [9.17, 15) is 9.59 Å². The lowest BCUT2D eigenvalue weighted by Gasteiger charge is -2.12. The minimum absolute atomic E-state index is 0.147. The van der Waals surface area contributed by atoms with Crippen molar-refractivity contribution in [2.75, 3.05) is 27.4 Å². The highest BCUT2D eigenvalue weighted by atomic mass is 16.5. The first-order chi connectivity index (χ1) is 9.63. The van der Waals surface area contributed by atoms with Crippen molar-refractivity contribution in [1.82, 2.24) is 5.32 Å². The van der Waals surface area contributed by atoms with Crippen LogP contribution in [0.3, 0.4) is 0 Å². The molecule has 0 spiro atoms. The predicted molar refractivity (Wildman–Crippen MR) is 73.0 cm³/mol. The van der Waals surface area contributed by atoms with Crippen LogP contribution in [0.25, 0.3) is 0 Å². The van der Waals surface area contributed by atoms with Crippen LogP contribution in [0.2, 0.25) is 0 Å². The Hall–Kier alpha value is -2.50. The molecule has 0 heterocycles. The minimum Gasteiger partial charge on any atom is -0.496 e. The van der Waals surface area contributed by atoms with Crippen LogP contribution in [0, 0.1) is 0 Å². The molecule has 1 rings (SSSR count). The number of carbonyl (C=O) groups is 2. The lowest BCUT2D eigenvalue weighted by molar-refractivity contribution is -0.124. The average molecular weight is 279 g/mol. The molecular weight excluding hydrogens is 262 g/mol. The maximum Gasteiger partial charge on any atom is 0.346 e. The quantitative estimate of drug-likeness (QED) is 0.599. The summed E-state index contributed by atoms with van der Waals surface area (Å²) >= 11 is 0. The third-order valence-corrected chi connectivity index (χ3v) is 2.41. The Morgan fingerprint density at radius 3 is 2.35 bits per heavy atom.